The van der Waals surface area contributed by atoms with E-state index in [0.717, 1.165) is 5.69 Å². The number of thiophene rings is 1. The Morgan fingerprint density at radius 1 is 1.05 bits per heavy atom. The van der Waals surface area contributed by atoms with Crippen molar-refractivity contribution < 1.29 is 0 Å². The molecule has 1 N–H and O–H groups in total. The third kappa shape index (κ3) is 3.25. The minimum Gasteiger partial charge on any atom is -0.302 e. The van der Waals surface area contributed by atoms with Crippen molar-refractivity contribution in [3.63, 3.8) is 0 Å². The van der Waals surface area contributed by atoms with E-state index in [1.165, 1.54) is 25.2 Å². The second kappa shape index (κ2) is 5.73. The highest BCUT2D eigenvalue weighted by Gasteiger charge is 2.22. The summed E-state index contributed by atoms with van der Waals surface area (Å²) in [6.07, 6.45) is 0. The summed E-state index contributed by atoms with van der Waals surface area (Å²) in [4.78, 5) is 8.82. The minimum absolute atomic E-state index is 0.224. The zero-order valence-corrected chi connectivity index (χ0v) is 14.1. The van der Waals surface area contributed by atoms with Crippen LogP contribution >= 0.6 is 22.7 Å². The van der Waals surface area contributed by atoms with Crippen LogP contribution in [-0.4, -0.2) is 11.0 Å². The van der Waals surface area contributed by atoms with E-state index in [2.05, 4.69) is 52.9 Å². The Bertz CT molecular complexity index is 547. The molecule has 0 spiro atoms. The molecule has 2 aromatic rings. The highest BCUT2D eigenvalue weighted by atomic mass is 32.1. The highest BCUT2D eigenvalue weighted by Crippen LogP contribution is 2.33. The summed E-state index contributed by atoms with van der Waals surface area (Å²) in [6.45, 7) is 13.0. The Hall–Kier alpha value is -0.710. The van der Waals surface area contributed by atoms with Gasteiger partial charge in [0.2, 0.25) is 0 Å². The monoisotopic (exact) mass is 294 g/mol. The Morgan fingerprint density at radius 2 is 1.74 bits per heavy atom. The molecule has 0 aliphatic rings. The van der Waals surface area contributed by atoms with E-state index in [0.29, 0.717) is 6.04 Å². The minimum atomic E-state index is 0.224. The summed E-state index contributed by atoms with van der Waals surface area (Å²) in [5.74, 6) is 0. The zero-order valence-electron chi connectivity index (χ0n) is 12.5. The van der Waals surface area contributed by atoms with Gasteiger partial charge in [-0.15, -0.1) is 22.7 Å². The first-order valence-corrected chi connectivity index (χ1v) is 8.28. The first kappa shape index (κ1) is 14.7. The van der Waals surface area contributed by atoms with Crippen LogP contribution < -0.4 is 5.32 Å². The molecule has 0 fully saturated rings. The summed E-state index contributed by atoms with van der Waals surface area (Å²) in [6, 6.07) is 2.96. The van der Waals surface area contributed by atoms with Gasteiger partial charge in [-0.25, -0.2) is 4.98 Å². The number of nitrogens with one attached hydrogen (secondary N) is 1. The van der Waals surface area contributed by atoms with Crippen LogP contribution in [0, 0.1) is 27.7 Å². The number of thiazole rings is 1. The molecule has 0 bridgehead atoms. The maximum absolute atomic E-state index is 4.75. The van der Waals surface area contributed by atoms with Gasteiger partial charge in [0.15, 0.2) is 0 Å². The lowest BCUT2D eigenvalue weighted by atomic mass is 10.1. The van der Waals surface area contributed by atoms with Crippen LogP contribution in [0.15, 0.2) is 6.07 Å². The maximum atomic E-state index is 4.75. The van der Waals surface area contributed by atoms with Crippen molar-refractivity contribution in [2.45, 2.75) is 53.6 Å². The highest BCUT2D eigenvalue weighted by molar-refractivity contribution is 7.12. The van der Waals surface area contributed by atoms with Gasteiger partial charge in [-0.1, -0.05) is 0 Å². The molecule has 1 atom stereocenters. The van der Waals surface area contributed by atoms with Crippen molar-refractivity contribution in [2.24, 2.45) is 0 Å². The lowest BCUT2D eigenvalue weighted by molar-refractivity contribution is 0.526. The first-order chi connectivity index (χ1) is 8.88. The summed E-state index contributed by atoms with van der Waals surface area (Å²) in [5, 5.41) is 4.85. The van der Waals surface area contributed by atoms with Crippen LogP contribution in [0.4, 0.5) is 0 Å². The Morgan fingerprint density at radius 3 is 2.16 bits per heavy atom. The van der Waals surface area contributed by atoms with E-state index < -0.39 is 0 Å². The molecule has 2 aromatic heterocycles. The fourth-order valence-corrected chi connectivity index (χ4v) is 4.15. The molecule has 0 saturated heterocycles. The van der Waals surface area contributed by atoms with Crippen LogP contribution in [0.3, 0.4) is 0 Å². The third-order valence-corrected chi connectivity index (χ3v) is 5.30. The van der Waals surface area contributed by atoms with Gasteiger partial charge < -0.3 is 5.32 Å². The van der Waals surface area contributed by atoms with Gasteiger partial charge in [0.25, 0.3) is 0 Å². The number of aryl methyl sites for hydroxylation is 4. The topological polar surface area (TPSA) is 24.9 Å². The quantitative estimate of drug-likeness (QED) is 0.896. The Kier molecular flexibility index (Phi) is 4.43. The van der Waals surface area contributed by atoms with E-state index in [1.807, 2.05) is 22.7 Å². The van der Waals surface area contributed by atoms with Crippen molar-refractivity contribution in [1.82, 2.24) is 10.3 Å². The molecule has 2 rings (SSSR count). The molecule has 0 amide bonds. The standard InChI is InChI=1S/C15H22N2S2/c1-8(2)16-14(13-7-9(3)18-12(13)6)15-17-10(4)11(5)19-15/h7-8,14,16H,1-6H3. The van der Waals surface area contributed by atoms with E-state index >= 15 is 0 Å². The predicted molar refractivity (Wildman–Crippen MR) is 85.5 cm³/mol. The molecular weight excluding hydrogens is 272 g/mol. The molecule has 2 nitrogen and oxygen atoms in total. The van der Waals surface area contributed by atoms with Crippen molar-refractivity contribution >= 4 is 22.7 Å². The van der Waals surface area contributed by atoms with E-state index in [4.69, 9.17) is 4.98 Å². The van der Waals surface area contributed by atoms with Crippen LogP contribution in [0.5, 0.6) is 0 Å². The van der Waals surface area contributed by atoms with E-state index in [-0.39, 0.29) is 6.04 Å². The van der Waals surface area contributed by atoms with Crippen molar-refractivity contribution in [3.8, 4) is 0 Å². The SMILES string of the molecule is Cc1cc(C(NC(C)C)c2nc(C)c(C)s2)c(C)s1. The largest absolute Gasteiger partial charge is 0.302 e. The van der Waals surface area contributed by atoms with Crippen LogP contribution in [-0.2, 0) is 0 Å². The summed E-state index contributed by atoms with van der Waals surface area (Å²) in [5.41, 5.74) is 2.53. The summed E-state index contributed by atoms with van der Waals surface area (Å²) >= 11 is 3.68. The molecule has 19 heavy (non-hydrogen) atoms. The second-order valence-electron chi connectivity index (χ2n) is 5.32. The summed E-state index contributed by atoms with van der Waals surface area (Å²) in [7, 11) is 0. The van der Waals surface area contributed by atoms with Gasteiger partial charge in [0.05, 0.1) is 11.7 Å². The molecule has 4 heteroatoms. The van der Waals surface area contributed by atoms with Crippen molar-refractivity contribution in [1.29, 1.82) is 0 Å². The van der Waals surface area contributed by atoms with Gasteiger partial charge in [-0.3, -0.25) is 0 Å². The van der Waals surface area contributed by atoms with Crippen LogP contribution in [0.25, 0.3) is 0 Å². The van der Waals surface area contributed by atoms with Crippen molar-refractivity contribution in [3.05, 3.63) is 37.0 Å². The Labute approximate surface area is 123 Å². The molecule has 0 radical (unpaired) electrons. The lowest BCUT2D eigenvalue weighted by Crippen LogP contribution is -2.29. The smallest absolute Gasteiger partial charge is 0.115 e. The predicted octanol–water partition coefficient (Wildman–Crippen LogP) is 4.53. The van der Waals surface area contributed by atoms with Gasteiger partial charge >= 0.3 is 0 Å². The van der Waals surface area contributed by atoms with Gasteiger partial charge in [-0.2, -0.15) is 0 Å². The molecular formula is C15H22N2S2. The van der Waals surface area contributed by atoms with E-state index in [9.17, 15) is 0 Å². The summed E-state index contributed by atoms with van der Waals surface area (Å²) < 4.78 is 0. The molecule has 0 aliphatic carbocycles. The molecule has 0 aliphatic heterocycles. The first-order valence-electron chi connectivity index (χ1n) is 6.65. The number of aromatic nitrogens is 1. The Balaban J connectivity index is 2.43. The fraction of sp³-hybridized carbons (Fsp3) is 0.533. The fourth-order valence-electron chi connectivity index (χ4n) is 2.19. The molecule has 0 saturated carbocycles. The molecule has 104 valence electrons. The number of hydrogen-bond donors (Lipinski definition) is 1. The maximum Gasteiger partial charge on any atom is 0.115 e. The average molecular weight is 294 g/mol. The molecule has 0 aromatic carbocycles. The number of hydrogen-bond acceptors (Lipinski definition) is 4. The van der Waals surface area contributed by atoms with Gasteiger partial charge in [0.1, 0.15) is 5.01 Å². The second-order valence-corrected chi connectivity index (χ2v) is 8.01. The average Bonchev–Trinajstić information content (AvgIpc) is 2.79. The molecule has 2 heterocycles. The number of nitrogens with zero attached hydrogens (tertiary/aromatic N) is 1. The zero-order chi connectivity index (χ0) is 14.2. The van der Waals surface area contributed by atoms with Gasteiger partial charge in [-0.05, 0) is 53.2 Å². The van der Waals surface area contributed by atoms with Crippen LogP contribution in [0.2, 0.25) is 0 Å². The van der Waals surface area contributed by atoms with Gasteiger partial charge in [0, 0.05) is 20.7 Å². The normalized spacial score (nSPS) is 13.2. The molecule has 1 unspecified atom stereocenters. The lowest BCUT2D eigenvalue weighted by Gasteiger charge is -2.19. The number of rotatable bonds is 4. The third-order valence-electron chi connectivity index (χ3n) is 3.18. The van der Waals surface area contributed by atoms with E-state index in [1.54, 1.807) is 0 Å². The van der Waals surface area contributed by atoms with Crippen molar-refractivity contribution in [2.75, 3.05) is 0 Å². The van der Waals surface area contributed by atoms with Crippen LogP contribution in [0.1, 0.15) is 50.8 Å².